The first-order valence-corrected chi connectivity index (χ1v) is 6.29. The normalized spacial score (nSPS) is 27.1. The second kappa shape index (κ2) is 4.57. The van der Waals surface area contributed by atoms with Crippen LogP contribution in [-0.4, -0.2) is 20.0 Å². The topological polar surface area (TPSA) is 27.7 Å². The Morgan fingerprint density at radius 2 is 1.82 bits per heavy atom. The molecule has 1 saturated carbocycles. The van der Waals surface area contributed by atoms with Crippen molar-refractivity contribution in [3.63, 3.8) is 0 Å². The summed E-state index contributed by atoms with van der Waals surface area (Å²) in [5.74, 6) is 2.42. The zero-order valence-electron chi connectivity index (χ0n) is 10.1. The number of rotatable bonds is 2. The molecule has 17 heavy (non-hydrogen) atoms. The number of hydrogen-bond acceptors (Lipinski definition) is 3. The Hall–Kier alpha value is -1.22. The van der Waals surface area contributed by atoms with Crippen LogP contribution >= 0.6 is 0 Å². The maximum atomic E-state index is 5.43. The molecular weight excluding hydrogens is 216 g/mol. The minimum Gasteiger partial charge on any atom is -0.454 e. The van der Waals surface area contributed by atoms with E-state index >= 15 is 0 Å². The van der Waals surface area contributed by atoms with Crippen molar-refractivity contribution in [1.82, 2.24) is 0 Å². The monoisotopic (exact) mass is 234 g/mol. The lowest BCUT2D eigenvalue weighted by atomic mass is 9.82. The largest absolute Gasteiger partial charge is 0.454 e. The van der Waals surface area contributed by atoms with Crippen LogP contribution in [0, 0.1) is 0 Å². The molecule has 0 aromatic heterocycles. The van der Waals surface area contributed by atoms with Gasteiger partial charge < -0.3 is 14.2 Å². The maximum Gasteiger partial charge on any atom is 0.231 e. The summed E-state index contributed by atoms with van der Waals surface area (Å²) in [6.45, 7) is 0.356. The molecule has 1 heterocycles. The van der Waals surface area contributed by atoms with Crippen molar-refractivity contribution in [3.05, 3.63) is 23.8 Å². The first kappa shape index (κ1) is 10.9. The van der Waals surface area contributed by atoms with E-state index in [4.69, 9.17) is 14.2 Å². The van der Waals surface area contributed by atoms with Crippen molar-refractivity contribution in [2.75, 3.05) is 13.9 Å². The van der Waals surface area contributed by atoms with Crippen molar-refractivity contribution >= 4 is 0 Å². The van der Waals surface area contributed by atoms with Gasteiger partial charge in [-0.05, 0) is 49.3 Å². The van der Waals surface area contributed by atoms with Gasteiger partial charge in [0.1, 0.15) is 0 Å². The van der Waals surface area contributed by atoms with Gasteiger partial charge in [0, 0.05) is 7.11 Å². The molecule has 0 amide bonds. The molecule has 0 atom stereocenters. The average molecular weight is 234 g/mol. The van der Waals surface area contributed by atoms with Crippen LogP contribution in [0.15, 0.2) is 18.2 Å². The Morgan fingerprint density at radius 3 is 2.59 bits per heavy atom. The zero-order chi connectivity index (χ0) is 11.7. The van der Waals surface area contributed by atoms with E-state index in [1.807, 2.05) is 13.2 Å². The molecule has 3 nitrogen and oxygen atoms in total. The van der Waals surface area contributed by atoms with Crippen LogP contribution in [0.4, 0.5) is 0 Å². The fourth-order valence-electron chi connectivity index (χ4n) is 2.80. The summed E-state index contributed by atoms with van der Waals surface area (Å²) in [5.41, 5.74) is 1.38. The lowest BCUT2D eigenvalue weighted by molar-refractivity contribution is 0.0658. The fraction of sp³-hybridized carbons (Fsp3) is 0.571. The van der Waals surface area contributed by atoms with E-state index in [9.17, 15) is 0 Å². The van der Waals surface area contributed by atoms with Crippen LogP contribution in [0.1, 0.15) is 37.2 Å². The van der Waals surface area contributed by atoms with Gasteiger partial charge in [-0.25, -0.2) is 0 Å². The van der Waals surface area contributed by atoms with Gasteiger partial charge in [-0.1, -0.05) is 6.07 Å². The van der Waals surface area contributed by atoms with Crippen LogP contribution in [-0.2, 0) is 4.74 Å². The third-order valence-corrected chi connectivity index (χ3v) is 3.88. The molecule has 1 aliphatic carbocycles. The molecular formula is C14H18O3. The third kappa shape index (κ3) is 2.12. The Labute approximate surface area is 102 Å². The Bertz CT molecular complexity index is 394. The van der Waals surface area contributed by atoms with Crippen LogP contribution in [0.5, 0.6) is 11.5 Å². The fourth-order valence-corrected chi connectivity index (χ4v) is 2.80. The molecule has 0 saturated heterocycles. The van der Waals surface area contributed by atoms with Crippen LogP contribution in [0.25, 0.3) is 0 Å². The summed E-state index contributed by atoms with van der Waals surface area (Å²) in [4.78, 5) is 0. The first-order chi connectivity index (χ1) is 8.36. The van der Waals surface area contributed by atoms with E-state index < -0.39 is 0 Å². The van der Waals surface area contributed by atoms with Gasteiger partial charge in [0.25, 0.3) is 0 Å². The van der Waals surface area contributed by atoms with E-state index in [0.29, 0.717) is 18.8 Å². The van der Waals surface area contributed by atoms with Crippen LogP contribution in [0.3, 0.4) is 0 Å². The van der Waals surface area contributed by atoms with Gasteiger partial charge in [0.2, 0.25) is 6.79 Å². The zero-order valence-corrected chi connectivity index (χ0v) is 10.1. The molecule has 92 valence electrons. The summed E-state index contributed by atoms with van der Waals surface area (Å²) in [6.07, 6.45) is 5.20. The number of benzene rings is 1. The Morgan fingerprint density at radius 1 is 1.06 bits per heavy atom. The van der Waals surface area contributed by atoms with Gasteiger partial charge in [0.15, 0.2) is 11.5 Å². The highest BCUT2D eigenvalue weighted by molar-refractivity contribution is 5.45. The van der Waals surface area contributed by atoms with Crippen molar-refractivity contribution in [2.45, 2.75) is 37.7 Å². The number of hydrogen-bond donors (Lipinski definition) is 0. The summed E-state index contributed by atoms with van der Waals surface area (Å²) in [7, 11) is 1.81. The van der Waals surface area contributed by atoms with E-state index in [1.54, 1.807) is 0 Å². The summed E-state index contributed by atoms with van der Waals surface area (Å²) in [6, 6.07) is 6.34. The molecule has 3 rings (SSSR count). The van der Waals surface area contributed by atoms with Gasteiger partial charge in [0.05, 0.1) is 6.10 Å². The van der Waals surface area contributed by atoms with Crippen LogP contribution < -0.4 is 9.47 Å². The SMILES string of the molecule is COC1CCC(c2ccc3c(c2)OCO3)CC1. The standard InChI is InChI=1S/C14H18O3/c1-15-12-5-2-10(3-6-12)11-4-7-13-14(8-11)17-9-16-13/h4,7-8,10,12H,2-3,5-6,9H2,1H3. The van der Waals surface area contributed by atoms with Crippen molar-refractivity contribution in [2.24, 2.45) is 0 Å². The lowest BCUT2D eigenvalue weighted by Crippen LogP contribution is -2.19. The molecule has 1 aromatic rings. The minimum absolute atomic E-state index is 0.356. The van der Waals surface area contributed by atoms with E-state index in [0.717, 1.165) is 24.3 Å². The van der Waals surface area contributed by atoms with E-state index in [2.05, 4.69) is 12.1 Å². The molecule has 3 heteroatoms. The maximum absolute atomic E-state index is 5.43. The number of methoxy groups -OCH3 is 1. The first-order valence-electron chi connectivity index (χ1n) is 6.29. The second-order valence-corrected chi connectivity index (χ2v) is 4.82. The molecule has 0 spiro atoms. The molecule has 2 aliphatic rings. The lowest BCUT2D eigenvalue weighted by Gasteiger charge is -2.27. The molecule has 0 N–H and O–H groups in total. The Kier molecular flexibility index (Phi) is 2.93. The molecule has 1 fully saturated rings. The highest BCUT2D eigenvalue weighted by Crippen LogP contribution is 2.39. The molecule has 1 aliphatic heterocycles. The smallest absolute Gasteiger partial charge is 0.231 e. The van der Waals surface area contributed by atoms with E-state index in [-0.39, 0.29) is 0 Å². The predicted molar refractivity (Wildman–Crippen MR) is 64.6 cm³/mol. The Balaban J connectivity index is 1.72. The minimum atomic E-state index is 0.356. The average Bonchev–Trinajstić information content (AvgIpc) is 2.86. The van der Waals surface area contributed by atoms with Gasteiger partial charge >= 0.3 is 0 Å². The second-order valence-electron chi connectivity index (χ2n) is 4.82. The number of ether oxygens (including phenoxy) is 3. The highest BCUT2D eigenvalue weighted by atomic mass is 16.7. The van der Waals surface area contributed by atoms with Gasteiger partial charge in [-0.2, -0.15) is 0 Å². The van der Waals surface area contributed by atoms with Gasteiger partial charge in [-0.15, -0.1) is 0 Å². The summed E-state index contributed by atoms with van der Waals surface area (Å²) in [5, 5.41) is 0. The molecule has 0 bridgehead atoms. The van der Waals surface area contributed by atoms with Crippen molar-refractivity contribution in [1.29, 1.82) is 0 Å². The number of fused-ring (bicyclic) bond motifs is 1. The third-order valence-electron chi connectivity index (χ3n) is 3.88. The van der Waals surface area contributed by atoms with Gasteiger partial charge in [-0.3, -0.25) is 0 Å². The van der Waals surface area contributed by atoms with Crippen molar-refractivity contribution < 1.29 is 14.2 Å². The highest BCUT2D eigenvalue weighted by Gasteiger charge is 2.23. The summed E-state index contributed by atoms with van der Waals surface area (Å²) >= 11 is 0. The molecule has 0 unspecified atom stereocenters. The quantitative estimate of drug-likeness (QED) is 0.787. The summed E-state index contributed by atoms with van der Waals surface area (Å²) < 4.78 is 16.2. The van der Waals surface area contributed by atoms with E-state index in [1.165, 1.54) is 18.4 Å². The predicted octanol–water partition coefficient (Wildman–Crippen LogP) is 3.09. The van der Waals surface area contributed by atoms with Crippen LogP contribution in [0.2, 0.25) is 0 Å². The van der Waals surface area contributed by atoms with Crippen molar-refractivity contribution in [3.8, 4) is 11.5 Å². The molecule has 0 radical (unpaired) electrons. The molecule has 1 aromatic carbocycles.